The van der Waals surface area contributed by atoms with Gasteiger partial charge in [0.2, 0.25) is 0 Å². The molecule has 1 aliphatic rings. The molecule has 1 aliphatic heterocycles. The number of unbranched alkanes of at least 4 members (excludes halogenated alkanes) is 1. The van der Waals surface area contributed by atoms with Gasteiger partial charge in [0.25, 0.3) is 5.91 Å². The van der Waals surface area contributed by atoms with Crippen LogP contribution in [-0.4, -0.2) is 73.8 Å². The molecule has 4 N–H and O–H groups in total. The molecule has 1 amide bonds. The normalized spacial score (nSPS) is 18.3. The maximum Gasteiger partial charge on any atom is 0.417 e. The van der Waals surface area contributed by atoms with Crippen molar-refractivity contribution in [3.05, 3.63) is 52.7 Å². The predicted molar refractivity (Wildman–Crippen MR) is 132 cm³/mol. The van der Waals surface area contributed by atoms with Crippen LogP contribution < -0.4 is 15.4 Å². The minimum Gasteiger partial charge on any atom is -0.496 e. The Morgan fingerprint density at radius 3 is 2.67 bits per heavy atom. The second-order valence-electron chi connectivity index (χ2n) is 8.33. The van der Waals surface area contributed by atoms with Gasteiger partial charge < -0.3 is 30.5 Å². The smallest absolute Gasteiger partial charge is 0.417 e. The number of carbonyl (C=O) groups is 1. The number of alkyl halides is 3. The standard InChI is InChI=1S/C24H30ClF3N4O3.H2O/c1-34-20-8-4-3-7-17(20)23(33)31-19-9-12-32(15-21(19)35-2)11-6-5-10-29-22-18(25)13-16(14-30-22)24(26,27)28;/h3-4,7-8,13-14,19,21H,5-6,9-12,15H2,1-2H3,(H,29,30)(H,31,33);1H2. The van der Waals surface area contributed by atoms with Gasteiger partial charge in [-0.1, -0.05) is 23.7 Å². The number of benzene rings is 1. The molecule has 1 aromatic heterocycles. The minimum atomic E-state index is -4.47. The van der Waals surface area contributed by atoms with Crippen molar-refractivity contribution in [1.82, 2.24) is 15.2 Å². The maximum atomic E-state index is 12.8. The van der Waals surface area contributed by atoms with Crippen LogP contribution in [0, 0.1) is 0 Å². The zero-order chi connectivity index (χ0) is 25.4. The van der Waals surface area contributed by atoms with Crippen LogP contribution >= 0.6 is 11.6 Å². The number of ether oxygens (including phenoxy) is 2. The van der Waals surface area contributed by atoms with Gasteiger partial charge in [0.15, 0.2) is 0 Å². The van der Waals surface area contributed by atoms with Crippen LogP contribution in [0.3, 0.4) is 0 Å². The molecule has 12 heteroatoms. The molecule has 0 spiro atoms. The highest BCUT2D eigenvalue weighted by Crippen LogP contribution is 2.32. The number of halogens is 4. The van der Waals surface area contributed by atoms with E-state index in [1.54, 1.807) is 25.3 Å². The van der Waals surface area contributed by atoms with Crippen LogP contribution in [0.5, 0.6) is 5.75 Å². The molecular formula is C24H32ClF3N4O4. The van der Waals surface area contributed by atoms with E-state index in [2.05, 4.69) is 20.5 Å². The Balaban J connectivity index is 0.00000456. The molecule has 1 fully saturated rings. The van der Waals surface area contributed by atoms with Gasteiger partial charge in [-0.25, -0.2) is 4.98 Å². The summed E-state index contributed by atoms with van der Waals surface area (Å²) in [5.41, 5.74) is -0.384. The van der Waals surface area contributed by atoms with Crippen molar-refractivity contribution in [2.75, 3.05) is 45.7 Å². The van der Waals surface area contributed by atoms with E-state index in [-0.39, 0.29) is 34.4 Å². The third-order valence-electron chi connectivity index (χ3n) is 5.98. The number of methoxy groups -OCH3 is 2. The molecule has 2 heterocycles. The molecule has 0 bridgehead atoms. The Bertz CT molecular complexity index is 996. The first-order chi connectivity index (χ1) is 16.7. The number of anilines is 1. The van der Waals surface area contributed by atoms with Crippen LogP contribution in [0.1, 0.15) is 35.2 Å². The first-order valence-electron chi connectivity index (χ1n) is 11.4. The number of hydrogen-bond donors (Lipinski definition) is 2. The maximum absolute atomic E-state index is 12.8. The second-order valence-corrected chi connectivity index (χ2v) is 8.74. The van der Waals surface area contributed by atoms with Crippen LogP contribution in [0.25, 0.3) is 0 Å². The molecule has 0 saturated carbocycles. The molecule has 1 saturated heterocycles. The summed E-state index contributed by atoms with van der Waals surface area (Å²) in [4.78, 5) is 18.8. The average molecular weight is 533 g/mol. The Morgan fingerprint density at radius 2 is 2.00 bits per heavy atom. The quantitative estimate of drug-likeness (QED) is 0.452. The van der Waals surface area contributed by atoms with E-state index in [0.717, 1.165) is 44.6 Å². The van der Waals surface area contributed by atoms with Gasteiger partial charge in [-0.05, 0) is 44.0 Å². The van der Waals surface area contributed by atoms with Crippen molar-refractivity contribution in [3.8, 4) is 5.75 Å². The number of hydrogen-bond acceptors (Lipinski definition) is 6. The Morgan fingerprint density at radius 1 is 1.25 bits per heavy atom. The number of amides is 1. The first-order valence-corrected chi connectivity index (χ1v) is 11.8. The number of nitrogens with one attached hydrogen (secondary N) is 2. The van der Waals surface area contributed by atoms with E-state index in [1.807, 2.05) is 6.07 Å². The molecule has 0 aliphatic carbocycles. The Labute approximate surface area is 213 Å². The number of piperidine rings is 1. The molecular weight excluding hydrogens is 501 g/mol. The Hall–Kier alpha value is -2.60. The lowest BCUT2D eigenvalue weighted by Gasteiger charge is -2.38. The van der Waals surface area contributed by atoms with Gasteiger partial charge in [-0.15, -0.1) is 0 Å². The number of pyridine rings is 1. The molecule has 2 unspecified atom stereocenters. The third kappa shape index (κ3) is 7.95. The zero-order valence-corrected chi connectivity index (χ0v) is 21.0. The SMILES string of the molecule is COc1ccccc1C(=O)NC1CCN(CCCCNc2ncc(C(F)(F)F)cc2Cl)CC1OC.O. The lowest BCUT2D eigenvalue weighted by Crippen LogP contribution is -2.54. The molecule has 1 aromatic carbocycles. The third-order valence-corrected chi connectivity index (χ3v) is 6.26. The molecule has 2 aromatic rings. The molecule has 36 heavy (non-hydrogen) atoms. The highest BCUT2D eigenvalue weighted by atomic mass is 35.5. The van der Waals surface area contributed by atoms with Gasteiger partial charge >= 0.3 is 6.18 Å². The molecule has 2 atom stereocenters. The Kier molecular flexibility index (Phi) is 11.2. The van der Waals surface area contributed by atoms with E-state index < -0.39 is 11.7 Å². The van der Waals surface area contributed by atoms with Crippen LogP contribution in [-0.2, 0) is 10.9 Å². The predicted octanol–water partition coefficient (Wildman–Crippen LogP) is 3.65. The number of aromatic nitrogens is 1. The number of likely N-dealkylation sites (tertiary alicyclic amines) is 1. The second kappa shape index (κ2) is 13.6. The van der Waals surface area contributed by atoms with Gasteiger partial charge in [-0.3, -0.25) is 4.79 Å². The fourth-order valence-corrected chi connectivity index (χ4v) is 4.29. The van der Waals surface area contributed by atoms with Gasteiger partial charge in [0.1, 0.15) is 11.6 Å². The topological polar surface area (TPSA) is 107 Å². The van der Waals surface area contributed by atoms with Crippen LogP contribution in [0.4, 0.5) is 19.0 Å². The molecule has 3 rings (SSSR count). The van der Waals surface area contributed by atoms with Gasteiger partial charge in [0.05, 0.1) is 35.4 Å². The van der Waals surface area contributed by atoms with E-state index in [0.29, 0.717) is 24.4 Å². The van der Waals surface area contributed by atoms with Crippen molar-refractivity contribution in [3.63, 3.8) is 0 Å². The van der Waals surface area contributed by atoms with Crippen molar-refractivity contribution < 1.29 is 32.9 Å². The minimum absolute atomic E-state index is 0. The summed E-state index contributed by atoms with van der Waals surface area (Å²) in [5.74, 6) is 0.577. The summed E-state index contributed by atoms with van der Waals surface area (Å²) in [6, 6.07) is 7.86. The lowest BCUT2D eigenvalue weighted by atomic mass is 10.0. The van der Waals surface area contributed by atoms with Crippen LogP contribution in [0.15, 0.2) is 36.5 Å². The fourth-order valence-electron chi connectivity index (χ4n) is 4.06. The highest BCUT2D eigenvalue weighted by Gasteiger charge is 2.32. The van der Waals surface area contributed by atoms with Crippen molar-refractivity contribution in [2.24, 2.45) is 0 Å². The van der Waals surface area contributed by atoms with Crippen molar-refractivity contribution in [1.29, 1.82) is 0 Å². The van der Waals surface area contributed by atoms with E-state index >= 15 is 0 Å². The van der Waals surface area contributed by atoms with Gasteiger partial charge in [0, 0.05) is 32.9 Å². The molecule has 200 valence electrons. The zero-order valence-electron chi connectivity index (χ0n) is 20.2. The summed E-state index contributed by atoms with van der Waals surface area (Å²) in [6.07, 6.45) is -1.42. The number of carbonyl (C=O) groups excluding carboxylic acids is 1. The van der Waals surface area contributed by atoms with Crippen molar-refractivity contribution >= 4 is 23.3 Å². The highest BCUT2D eigenvalue weighted by molar-refractivity contribution is 6.32. The molecule has 8 nitrogen and oxygen atoms in total. The van der Waals surface area contributed by atoms with E-state index in [1.165, 1.54) is 7.11 Å². The summed E-state index contributed by atoms with van der Waals surface area (Å²) in [6.45, 7) is 2.88. The van der Waals surface area contributed by atoms with E-state index in [9.17, 15) is 18.0 Å². The van der Waals surface area contributed by atoms with Crippen molar-refractivity contribution in [2.45, 2.75) is 37.6 Å². The number of nitrogens with zero attached hydrogens (tertiary/aromatic N) is 2. The fraction of sp³-hybridized carbons (Fsp3) is 0.500. The van der Waals surface area contributed by atoms with Crippen LogP contribution in [0.2, 0.25) is 5.02 Å². The number of para-hydroxylation sites is 1. The summed E-state index contributed by atoms with van der Waals surface area (Å²) >= 11 is 5.92. The average Bonchev–Trinajstić information content (AvgIpc) is 2.84. The van der Waals surface area contributed by atoms with Gasteiger partial charge in [-0.2, -0.15) is 13.2 Å². The molecule has 0 radical (unpaired) electrons. The summed E-state index contributed by atoms with van der Waals surface area (Å²) in [7, 11) is 3.17. The van der Waals surface area contributed by atoms with E-state index in [4.69, 9.17) is 21.1 Å². The number of rotatable bonds is 10. The lowest BCUT2D eigenvalue weighted by molar-refractivity contribution is -0.137. The summed E-state index contributed by atoms with van der Waals surface area (Å²) < 4.78 is 49.1. The largest absolute Gasteiger partial charge is 0.496 e. The monoisotopic (exact) mass is 532 g/mol. The summed E-state index contributed by atoms with van der Waals surface area (Å²) in [5, 5.41) is 6.01. The first kappa shape index (κ1) is 29.6.